The molecule has 2 aliphatic heterocycles. The number of thioether (sulfide) groups is 1. The highest BCUT2D eigenvalue weighted by Gasteiger charge is 2.25. The molecule has 5 rings (SSSR count). The Kier molecular flexibility index (Phi) is 6.27. The molecule has 2 fully saturated rings. The number of hydrogen-bond acceptors (Lipinski definition) is 8. The van der Waals surface area contributed by atoms with Gasteiger partial charge in [-0.05, 0) is 53.2 Å². The summed E-state index contributed by atoms with van der Waals surface area (Å²) in [7, 11) is 0. The van der Waals surface area contributed by atoms with E-state index in [-0.39, 0.29) is 12.4 Å². The molecular weight excluding hydrogens is 457 g/mol. The van der Waals surface area contributed by atoms with E-state index in [1.807, 2.05) is 17.0 Å². The first-order chi connectivity index (χ1) is 16.5. The lowest BCUT2D eigenvalue weighted by atomic mass is 10.00. The Morgan fingerprint density at radius 1 is 1.12 bits per heavy atom. The lowest BCUT2D eigenvalue weighted by Gasteiger charge is -2.36. The summed E-state index contributed by atoms with van der Waals surface area (Å²) in [6.07, 6.45) is 3.25. The number of rotatable bonds is 5. The standard InChI is InChI=1S/C24H22FN5O3S/c25-19-13-16(2-4-21(19)30-7-5-29(6-8-30)9-10-31)18-14-26-28-20-3-1-15(11-17(18)20)12-22-23(32)27-24(33)34-22/h1-4,11-14,31H,5-10H2,(H,27,32,33). The van der Waals surface area contributed by atoms with Crippen molar-refractivity contribution in [2.45, 2.75) is 0 Å². The predicted octanol–water partition coefficient (Wildman–Crippen LogP) is 2.87. The zero-order valence-electron chi connectivity index (χ0n) is 18.2. The van der Waals surface area contributed by atoms with Crippen molar-refractivity contribution in [2.75, 3.05) is 44.2 Å². The molecule has 3 heterocycles. The van der Waals surface area contributed by atoms with Gasteiger partial charge >= 0.3 is 0 Å². The number of aliphatic hydroxyl groups excluding tert-OH is 1. The second-order valence-corrected chi connectivity index (χ2v) is 9.12. The number of imide groups is 1. The first kappa shape index (κ1) is 22.5. The molecule has 0 aliphatic carbocycles. The van der Waals surface area contributed by atoms with Crippen LogP contribution >= 0.6 is 11.8 Å². The summed E-state index contributed by atoms with van der Waals surface area (Å²) in [4.78, 5) is 27.8. The number of benzene rings is 2. The van der Waals surface area contributed by atoms with Crippen LogP contribution in [0.3, 0.4) is 0 Å². The van der Waals surface area contributed by atoms with Crippen molar-refractivity contribution in [1.82, 2.24) is 20.4 Å². The van der Waals surface area contributed by atoms with E-state index in [0.29, 0.717) is 41.3 Å². The van der Waals surface area contributed by atoms with Crippen molar-refractivity contribution in [2.24, 2.45) is 0 Å². The van der Waals surface area contributed by atoms with Gasteiger partial charge in [0.1, 0.15) is 5.82 Å². The van der Waals surface area contributed by atoms with E-state index < -0.39 is 11.1 Å². The zero-order valence-corrected chi connectivity index (χ0v) is 19.0. The fourth-order valence-electron chi connectivity index (χ4n) is 4.25. The summed E-state index contributed by atoms with van der Waals surface area (Å²) in [5, 5.41) is 20.0. The first-order valence-electron chi connectivity index (χ1n) is 10.9. The van der Waals surface area contributed by atoms with Gasteiger partial charge in [0, 0.05) is 43.7 Å². The average Bonchev–Trinajstić information content (AvgIpc) is 3.15. The van der Waals surface area contributed by atoms with Crippen LogP contribution in [0.5, 0.6) is 0 Å². The van der Waals surface area contributed by atoms with Crippen LogP contribution in [0.25, 0.3) is 28.1 Å². The van der Waals surface area contributed by atoms with E-state index in [4.69, 9.17) is 5.11 Å². The number of hydrogen-bond donors (Lipinski definition) is 2. The Balaban J connectivity index is 1.45. The number of nitrogens with zero attached hydrogens (tertiary/aromatic N) is 4. The minimum atomic E-state index is -0.418. The molecule has 2 N–H and O–H groups in total. The quantitative estimate of drug-likeness (QED) is 0.539. The van der Waals surface area contributed by atoms with Gasteiger partial charge in [0.05, 0.1) is 28.9 Å². The van der Waals surface area contributed by atoms with Crippen molar-refractivity contribution in [3.05, 3.63) is 58.9 Å². The summed E-state index contributed by atoms with van der Waals surface area (Å²) in [6, 6.07) is 10.6. The molecule has 34 heavy (non-hydrogen) atoms. The number of β-amino-alcohol motifs (C(OH)–C–C–N with tert-alkyl or cyclic N) is 1. The Morgan fingerprint density at radius 2 is 1.94 bits per heavy atom. The molecule has 0 unspecified atom stereocenters. The minimum absolute atomic E-state index is 0.125. The van der Waals surface area contributed by atoms with Gasteiger partial charge in [0.25, 0.3) is 11.1 Å². The molecule has 1 aromatic heterocycles. The van der Waals surface area contributed by atoms with Crippen LogP contribution in [-0.4, -0.2) is 70.7 Å². The zero-order chi connectivity index (χ0) is 23.7. The molecule has 10 heteroatoms. The number of piperazine rings is 1. The van der Waals surface area contributed by atoms with Gasteiger partial charge in [-0.25, -0.2) is 4.39 Å². The van der Waals surface area contributed by atoms with E-state index in [1.54, 1.807) is 30.5 Å². The molecule has 0 radical (unpaired) electrons. The smallest absolute Gasteiger partial charge is 0.290 e. The van der Waals surface area contributed by atoms with Gasteiger partial charge in [-0.1, -0.05) is 12.1 Å². The Morgan fingerprint density at radius 3 is 2.65 bits per heavy atom. The van der Waals surface area contributed by atoms with Gasteiger partial charge in [0.2, 0.25) is 0 Å². The third-order valence-electron chi connectivity index (χ3n) is 5.99. The number of amides is 2. The molecule has 0 spiro atoms. The molecule has 8 nitrogen and oxygen atoms in total. The van der Waals surface area contributed by atoms with Crippen LogP contribution in [-0.2, 0) is 4.79 Å². The molecule has 2 saturated heterocycles. The highest BCUT2D eigenvalue weighted by molar-refractivity contribution is 8.18. The Bertz CT molecular complexity index is 1310. The van der Waals surface area contributed by atoms with Gasteiger partial charge in [-0.15, -0.1) is 0 Å². The molecule has 0 atom stereocenters. The van der Waals surface area contributed by atoms with Crippen LogP contribution < -0.4 is 10.2 Å². The Hall–Kier alpha value is -3.34. The van der Waals surface area contributed by atoms with E-state index in [1.165, 1.54) is 6.07 Å². The number of aromatic nitrogens is 2. The molecule has 0 saturated carbocycles. The highest BCUT2D eigenvalue weighted by atomic mass is 32.2. The number of anilines is 1. The topological polar surface area (TPSA) is 98.7 Å². The maximum absolute atomic E-state index is 15.2. The van der Waals surface area contributed by atoms with Crippen molar-refractivity contribution < 1.29 is 19.1 Å². The highest BCUT2D eigenvalue weighted by Crippen LogP contribution is 2.32. The first-order valence-corrected chi connectivity index (χ1v) is 11.7. The SMILES string of the molecule is O=C1NC(=O)C(=Cc2ccc3nncc(-c4ccc(N5CCN(CCO)CC5)c(F)c4)c3c2)S1. The Labute approximate surface area is 199 Å². The molecule has 3 aromatic rings. The summed E-state index contributed by atoms with van der Waals surface area (Å²) in [5.41, 5.74) is 3.32. The average molecular weight is 480 g/mol. The molecular formula is C24H22FN5O3S. The minimum Gasteiger partial charge on any atom is -0.395 e. The maximum atomic E-state index is 15.2. The van der Waals surface area contributed by atoms with Crippen molar-refractivity contribution >= 4 is 45.6 Å². The number of carbonyl (C=O) groups is 2. The fraction of sp³-hybridized carbons (Fsp3) is 0.250. The lowest BCUT2D eigenvalue weighted by Crippen LogP contribution is -2.47. The molecule has 2 aromatic carbocycles. The number of nitrogens with one attached hydrogen (secondary N) is 1. The van der Waals surface area contributed by atoms with Crippen LogP contribution in [0.2, 0.25) is 0 Å². The summed E-state index contributed by atoms with van der Waals surface area (Å²) in [5.74, 6) is -0.730. The summed E-state index contributed by atoms with van der Waals surface area (Å²) < 4.78 is 15.2. The lowest BCUT2D eigenvalue weighted by molar-refractivity contribution is -0.115. The largest absolute Gasteiger partial charge is 0.395 e. The van der Waals surface area contributed by atoms with Gasteiger partial charge < -0.3 is 10.0 Å². The third kappa shape index (κ3) is 4.52. The third-order valence-corrected chi connectivity index (χ3v) is 6.80. The van der Waals surface area contributed by atoms with Crippen LogP contribution in [0.1, 0.15) is 5.56 Å². The second kappa shape index (κ2) is 9.49. The number of carbonyl (C=O) groups excluding carboxylic acids is 2. The van der Waals surface area contributed by atoms with Crippen molar-refractivity contribution in [3.63, 3.8) is 0 Å². The van der Waals surface area contributed by atoms with Crippen molar-refractivity contribution in [3.8, 4) is 11.1 Å². The second-order valence-electron chi connectivity index (χ2n) is 8.11. The van der Waals surface area contributed by atoms with Gasteiger partial charge in [0.15, 0.2) is 0 Å². The number of halogens is 1. The van der Waals surface area contributed by atoms with Crippen molar-refractivity contribution in [1.29, 1.82) is 0 Å². The van der Waals surface area contributed by atoms with E-state index in [0.717, 1.165) is 41.4 Å². The molecule has 2 aliphatic rings. The number of fused-ring (bicyclic) bond motifs is 1. The molecule has 0 bridgehead atoms. The van der Waals surface area contributed by atoms with E-state index in [9.17, 15) is 9.59 Å². The molecule has 174 valence electrons. The van der Waals surface area contributed by atoms with E-state index in [2.05, 4.69) is 20.4 Å². The predicted molar refractivity (Wildman–Crippen MR) is 130 cm³/mol. The van der Waals surface area contributed by atoms with Crippen LogP contribution in [0, 0.1) is 5.82 Å². The summed E-state index contributed by atoms with van der Waals surface area (Å²) >= 11 is 0.858. The molecule has 2 amide bonds. The normalized spacial score (nSPS) is 18.2. The van der Waals surface area contributed by atoms with Gasteiger partial charge in [-0.3, -0.25) is 19.8 Å². The monoisotopic (exact) mass is 479 g/mol. The fourth-order valence-corrected chi connectivity index (χ4v) is 4.93. The van der Waals surface area contributed by atoms with E-state index >= 15 is 4.39 Å². The maximum Gasteiger partial charge on any atom is 0.290 e. The number of aliphatic hydroxyl groups is 1. The van der Waals surface area contributed by atoms with Crippen LogP contribution in [0.4, 0.5) is 14.9 Å². The van der Waals surface area contributed by atoms with Gasteiger partial charge in [-0.2, -0.15) is 10.2 Å². The van der Waals surface area contributed by atoms with Crippen LogP contribution in [0.15, 0.2) is 47.5 Å². The summed E-state index contributed by atoms with van der Waals surface area (Å²) in [6.45, 7) is 3.71.